The standard InChI is InChI=1S/C18H15N3O4/c1-20-17(23)14-3-2-4-15(9-14)21-16(22)11-25-18(24)13-7-5-12(10-19)6-8-13/h2-9H,11H2,1H3,(H,20,23)(H,21,22). The molecule has 7 heteroatoms. The lowest BCUT2D eigenvalue weighted by molar-refractivity contribution is -0.119. The van der Waals surface area contributed by atoms with Crippen LogP contribution < -0.4 is 10.6 Å². The second-order valence-electron chi connectivity index (χ2n) is 4.97. The summed E-state index contributed by atoms with van der Waals surface area (Å²) in [6, 6.07) is 14.2. The van der Waals surface area contributed by atoms with Crippen LogP contribution in [0, 0.1) is 11.3 Å². The van der Waals surface area contributed by atoms with Crippen molar-refractivity contribution in [3.05, 3.63) is 65.2 Å². The Bertz CT molecular complexity index is 838. The number of nitriles is 1. The van der Waals surface area contributed by atoms with E-state index >= 15 is 0 Å². The number of nitrogens with zero attached hydrogens (tertiary/aromatic N) is 1. The predicted octanol–water partition coefficient (Wildman–Crippen LogP) is 1.71. The minimum Gasteiger partial charge on any atom is -0.452 e. The van der Waals surface area contributed by atoms with Gasteiger partial charge in [0.05, 0.1) is 17.2 Å². The van der Waals surface area contributed by atoms with Crippen LogP contribution >= 0.6 is 0 Å². The van der Waals surface area contributed by atoms with E-state index in [9.17, 15) is 14.4 Å². The van der Waals surface area contributed by atoms with Gasteiger partial charge in [-0.2, -0.15) is 5.26 Å². The van der Waals surface area contributed by atoms with Crippen molar-refractivity contribution in [3.63, 3.8) is 0 Å². The normalized spacial score (nSPS) is 9.60. The minimum atomic E-state index is -0.668. The van der Waals surface area contributed by atoms with Gasteiger partial charge in [0.1, 0.15) is 0 Å². The third kappa shape index (κ3) is 4.91. The van der Waals surface area contributed by atoms with Crippen molar-refractivity contribution in [3.8, 4) is 6.07 Å². The van der Waals surface area contributed by atoms with Crippen molar-refractivity contribution in [2.75, 3.05) is 19.0 Å². The summed E-state index contributed by atoms with van der Waals surface area (Å²) in [6.45, 7) is -0.469. The molecule has 7 nitrogen and oxygen atoms in total. The molecule has 0 aliphatic carbocycles. The maximum Gasteiger partial charge on any atom is 0.338 e. The molecule has 0 unspecified atom stereocenters. The lowest BCUT2D eigenvalue weighted by Gasteiger charge is -2.08. The van der Waals surface area contributed by atoms with Crippen LogP contribution in [0.5, 0.6) is 0 Å². The topological polar surface area (TPSA) is 108 Å². The van der Waals surface area contributed by atoms with E-state index in [1.54, 1.807) is 18.2 Å². The van der Waals surface area contributed by atoms with Gasteiger partial charge in [-0.05, 0) is 42.5 Å². The van der Waals surface area contributed by atoms with Gasteiger partial charge in [0, 0.05) is 18.3 Å². The SMILES string of the molecule is CNC(=O)c1cccc(NC(=O)COC(=O)c2ccc(C#N)cc2)c1. The van der Waals surface area contributed by atoms with Crippen LogP contribution in [0.25, 0.3) is 0 Å². The molecule has 0 aliphatic heterocycles. The molecular formula is C18H15N3O4. The molecule has 0 spiro atoms. The van der Waals surface area contributed by atoms with Crippen LogP contribution in [0.2, 0.25) is 0 Å². The number of carbonyl (C=O) groups excluding carboxylic acids is 3. The third-order valence-corrected chi connectivity index (χ3v) is 3.22. The molecule has 25 heavy (non-hydrogen) atoms. The van der Waals surface area contributed by atoms with Crippen LogP contribution in [0.1, 0.15) is 26.3 Å². The molecule has 0 fully saturated rings. The fraction of sp³-hybridized carbons (Fsp3) is 0.111. The largest absolute Gasteiger partial charge is 0.452 e. The number of hydrogen-bond donors (Lipinski definition) is 2. The monoisotopic (exact) mass is 337 g/mol. The van der Waals surface area contributed by atoms with Gasteiger partial charge in [0.2, 0.25) is 0 Å². The van der Waals surface area contributed by atoms with Crippen molar-refractivity contribution < 1.29 is 19.1 Å². The molecule has 0 saturated heterocycles. The molecular weight excluding hydrogens is 322 g/mol. The molecule has 2 rings (SSSR count). The summed E-state index contributed by atoms with van der Waals surface area (Å²) in [6.07, 6.45) is 0. The summed E-state index contributed by atoms with van der Waals surface area (Å²) in [4.78, 5) is 35.3. The van der Waals surface area contributed by atoms with Gasteiger partial charge in [-0.1, -0.05) is 6.07 Å². The summed E-state index contributed by atoms with van der Waals surface area (Å²) >= 11 is 0. The summed E-state index contributed by atoms with van der Waals surface area (Å²) in [5, 5.41) is 13.7. The zero-order chi connectivity index (χ0) is 18.2. The second-order valence-corrected chi connectivity index (χ2v) is 4.97. The van der Waals surface area contributed by atoms with Crippen molar-refractivity contribution in [2.24, 2.45) is 0 Å². The highest BCUT2D eigenvalue weighted by Gasteiger charge is 2.11. The van der Waals surface area contributed by atoms with Crippen molar-refractivity contribution in [1.29, 1.82) is 5.26 Å². The number of anilines is 1. The van der Waals surface area contributed by atoms with Gasteiger partial charge >= 0.3 is 5.97 Å². The Balaban J connectivity index is 1.91. The predicted molar refractivity (Wildman–Crippen MR) is 89.9 cm³/mol. The van der Waals surface area contributed by atoms with E-state index in [4.69, 9.17) is 10.00 Å². The molecule has 2 aromatic carbocycles. The van der Waals surface area contributed by atoms with E-state index in [1.807, 2.05) is 6.07 Å². The Morgan fingerprint density at radius 2 is 1.80 bits per heavy atom. The summed E-state index contributed by atoms with van der Waals surface area (Å²) in [5.41, 5.74) is 1.48. The van der Waals surface area contributed by atoms with Crippen molar-refractivity contribution >= 4 is 23.5 Å². The highest BCUT2D eigenvalue weighted by Crippen LogP contribution is 2.11. The van der Waals surface area contributed by atoms with E-state index in [-0.39, 0.29) is 11.5 Å². The number of esters is 1. The van der Waals surface area contributed by atoms with Crippen LogP contribution in [-0.4, -0.2) is 31.4 Å². The number of benzene rings is 2. The molecule has 126 valence electrons. The highest BCUT2D eigenvalue weighted by molar-refractivity contribution is 5.98. The number of hydrogen-bond acceptors (Lipinski definition) is 5. The fourth-order valence-corrected chi connectivity index (χ4v) is 1.97. The molecule has 2 N–H and O–H groups in total. The smallest absolute Gasteiger partial charge is 0.338 e. The maximum absolute atomic E-state index is 11.9. The summed E-state index contributed by atoms with van der Waals surface area (Å²) < 4.78 is 4.92. The second kappa shape index (κ2) is 8.26. The fourth-order valence-electron chi connectivity index (χ4n) is 1.97. The van der Waals surface area contributed by atoms with E-state index in [2.05, 4.69) is 10.6 Å². The quantitative estimate of drug-likeness (QED) is 0.808. The average molecular weight is 337 g/mol. The van der Waals surface area contributed by atoms with Gasteiger partial charge < -0.3 is 15.4 Å². The van der Waals surface area contributed by atoms with Crippen molar-refractivity contribution in [2.45, 2.75) is 0 Å². The minimum absolute atomic E-state index is 0.244. The van der Waals surface area contributed by atoms with E-state index in [0.29, 0.717) is 16.8 Å². The lowest BCUT2D eigenvalue weighted by Crippen LogP contribution is -2.22. The number of carbonyl (C=O) groups is 3. The van der Waals surface area contributed by atoms with Gasteiger partial charge in [0.15, 0.2) is 6.61 Å². The first kappa shape index (κ1) is 17.7. The number of rotatable bonds is 5. The number of nitrogens with one attached hydrogen (secondary N) is 2. The number of ether oxygens (including phenoxy) is 1. The first-order chi connectivity index (χ1) is 12.0. The molecule has 2 aromatic rings. The van der Waals surface area contributed by atoms with Crippen molar-refractivity contribution in [1.82, 2.24) is 5.32 Å². The zero-order valence-corrected chi connectivity index (χ0v) is 13.4. The Morgan fingerprint density at radius 1 is 1.08 bits per heavy atom. The highest BCUT2D eigenvalue weighted by atomic mass is 16.5. The zero-order valence-electron chi connectivity index (χ0n) is 13.4. The Hall–Kier alpha value is -3.66. The third-order valence-electron chi connectivity index (χ3n) is 3.22. The molecule has 0 aliphatic rings. The van der Waals surface area contributed by atoms with E-state index in [1.165, 1.54) is 37.4 Å². The number of amides is 2. The van der Waals surface area contributed by atoms with E-state index in [0.717, 1.165) is 0 Å². The first-order valence-corrected chi connectivity index (χ1v) is 7.33. The van der Waals surface area contributed by atoms with E-state index < -0.39 is 18.5 Å². The van der Waals surface area contributed by atoms with Crippen LogP contribution in [0.4, 0.5) is 5.69 Å². The average Bonchev–Trinajstić information content (AvgIpc) is 2.65. The molecule has 0 bridgehead atoms. The molecule has 0 aromatic heterocycles. The Labute approximate surface area is 144 Å². The first-order valence-electron chi connectivity index (χ1n) is 7.33. The van der Waals surface area contributed by atoms with Crippen LogP contribution in [-0.2, 0) is 9.53 Å². The lowest BCUT2D eigenvalue weighted by atomic mass is 10.1. The maximum atomic E-state index is 11.9. The molecule has 2 amide bonds. The van der Waals surface area contributed by atoms with Gasteiger partial charge in [-0.3, -0.25) is 9.59 Å². The van der Waals surface area contributed by atoms with Gasteiger partial charge in [0.25, 0.3) is 11.8 Å². The molecule has 0 radical (unpaired) electrons. The summed E-state index contributed by atoms with van der Waals surface area (Å²) in [5.74, 6) is -1.47. The Morgan fingerprint density at radius 3 is 2.44 bits per heavy atom. The van der Waals surface area contributed by atoms with Crippen LogP contribution in [0.3, 0.4) is 0 Å². The summed E-state index contributed by atoms with van der Waals surface area (Å²) in [7, 11) is 1.51. The van der Waals surface area contributed by atoms with Crippen LogP contribution in [0.15, 0.2) is 48.5 Å². The molecule has 0 heterocycles. The van der Waals surface area contributed by atoms with Gasteiger partial charge in [-0.15, -0.1) is 0 Å². The molecule has 0 saturated carbocycles. The van der Waals surface area contributed by atoms with Gasteiger partial charge in [-0.25, -0.2) is 4.79 Å². The Kier molecular flexibility index (Phi) is 5.85. The molecule has 0 atom stereocenters.